The van der Waals surface area contributed by atoms with Crippen molar-refractivity contribution in [3.05, 3.63) is 59.4 Å². The van der Waals surface area contributed by atoms with E-state index in [4.69, 9.17) is 19.6 Å². The minimum atomic E-state index is -0.226. The van der Waals surface area contributed by atoms with Gasteiger partial charge in [-0.15, -0.1) is 0 Å². The van der Waals surface area contributed by atoms with Crippen molar-refractivity contribution in [3.8, 4) is 11.5 Å². The van der Waals surface area contributed by atoms with Gasteiger partial charge in [0.1, 0.15) is 5.58 Å². The molecule has 1 amide bonds. The van der Waals surface area contributed by atoms with Gasteiger partial charge in [-0.1, -0.05) is 12.1 Å². The molecule has 0 fully saturated rings. The van der Waals surface area contributed by atoms with Gasteiger partial charge in [0.05, 0.1) is 19.9 Å². The molecule has 0 aliphatic rings. The molecule has 0 saturated heterocycles. The van der Waals surface area contributed by atoms with Crippen LogP contribution in [0.2, 0.25) is 0 Å². The van der Waals surface area contributed by atoms with Crippen LogP contribution < -0.4 is 20.5 Å². The monoisotopic (exact) mass is 422 g/mol. The molecule has 0 atom stereocenters. The molecule has 0 aliphatic carbocycles. The maximum atomic E-state index is 12.3. The van der Waals surface area contributed by atoms with E-state index >= 15 is 0 Å². The molecule has 1 aromatic heterocycles. The molecular formula is C24H26N2O5. The highest BCUT2D eigenvalue weighted by molar-refractivity contribution is 6.06. The number of rotatable bonds is 8. The number of nitrogens with two attached hydrogens (primary N) is 1. The normalized spacial score (nSPS) is 11.4. The average Bonchev–Trinajstić information content (AvgIpc) is 3.09. The molecule has 31 heavy (non-hydrogen) atoms. The van der Waals surface area contributed by atoms with Crippen LogP contribution in [-0.4, -0.2) is 32.5 Å². The molecule has 0 saturated carbocycles. The van der Waals surface area contributed by atoms with E-state index in [1.54, 1.807) is 20.3 Å². The van der Waals surface area contributed by atoms with Crippen molar-refractivity contribution < 1.29 is 23.5 Å². The number of furan rings is 1. The van der Waals surface area contributed by atoms with Gasteiger partial charge in [-0.05, 0) is 54.3 Å². The second-order valence-corrected chi connectivity index (χ2v) is 7.17. The number of nitrogen functional groups attached to an aromatic ring is 1. The first-order chi connectivity index (χ1) is 14.8. The van der Waals surface area contributed by atoms with Gasteiger partial charge >= 0.3 is 0 Å². The number of carbonyl (C=O) groups is 2. The molecule has 0 bridgehead atoms. The van der Waals surface area contributed by atoms with Crippen LogP contribution in [0.15, 0.2) is 46.9 Å². The van der Waals surface area contributed by atoms with E-state index in [0.717, 1.165) is 16.7 Å². The maximum Gasteiger partial charge on any atom is 0.244 e. The summed E-state index contributed by atoms with van der Waals surface area (Å²) in [6, 6.07) is 11.1. The zero-order valence-corrected chi connectivity index (χ0v) is 18.1. The number of ketones is 1. The highest BCUT2D eigenvalue weighted by atomic mass is 16.5. The number of Topliss-reactive ketones (excluding diaryl/α,β-unsaturated/α-hetero) is 1. The fourth-order valence-corrected chi connectivity index (χ4v) is 3.32. The smallest absolute Gasteiger partial charge is 0.244 e. The third-order valence-electron chi connectivity index (χ3n) is 5.01. The Labute approximate surface area is 180 Å². The van der Waals surface area contributed by atoms with Crippen LogP contribution in [-0.2, 0) is 11.2 Å². The molecule has 7 heteroatoms. The van der Waals surface area contributed by atoms with Gasteiger partial charge in [-0.25, -0.2) is 0 Å². The zero-order valence-electron chi connectivity index (χ0n) is 18.1. The van der Waals surface area contributed by atoms with Crippen LogP contribution in [0.25, 0.3) is 16.5 Å². The standard InChI is InChI=1S/C24H26N2O5/c1-14(17-6-8-19-18(13-17)23(25)24(31-19)15(2)27)11-22(28)26-10-9-16-5-7-20(29-3)21(12-16)30-4/h5-8,11-13H,9-10,25H2,1-4H3,(H,26,28)/b14-11-. The molecule has 0 radical (unpaired) electrons. The van der Waals surface area contributed by atoms with E-state index in [0.29, 0.717) is 41.1 Å². The Balaban J connectivity index is 1.66. The van der Waals surface area contributed by atoms with Crippen molar-refractivity contribution in [2.24, 2.45) is 0 Å². The lowest BCUT2D eigenvalue weighted by molar-refractivity contribution is -0.116. The Bertz CT molecular complexity index is 1160. The molecule has 162 valence electrons. The summed E-state index contributed by atoms with van der Waals surface area (Å²) >= 11 is 0. The van der Waals surface area contributed by atoms with E-state index in [1.807, 2.05) is 37.3 Å². The zero-order chi connectivity index (χ0) is 22.5. The summed E-state index contributed by atoms with van der Waals surface area (Å²) in [4.78, 5) is 24.0. The largest absolute Gasteiger partial charge is 0.493 e. The van der Waals surface area contributed by atoms with E-state index in [2.05, 4.69) is 5.32 Å². The first-order valence-electron chi connectivity index (χ1n) is 9.84. The van der Waals surface area contributed by atoms with Gasteiger partial charge < -0.3 is 24.9 Å². The molecule has 0 unspecified atom stereocenters. The summed E-state index contributed by atoms with van der Waals surface area (Å²) in [6.07, 6.45) is 2.20. The van der Waals surface area contributed by atoms with Crippen molar-refractivity contribution in [3.63, 3.8) is 0 Å². The van der Waals surface area contributed by atoms with Crippen LogP contribution in [0.1, 0.15) is 35.5 Å². The van der Waals surface area contributed by atoms with Crippen molar-refractivity contribution in [1.29, 1.82) is 0 Å². The molecule has 3 N–H and O–H groups in total. The minimum absolute atomic E-state index is 0.154. The summed E-state index contributed by atoms with van der Waals surface area (Å²) in [6.45, 7) is 3.73. The Morgan fingerprint density at radius 1 is 1.06 bits per heavy atom. The predicted molar refractivity (Wildman–Crippen MR) is 121 cm³/mol. The first-order valence-corrected chi connectivity index (χ1v) is 9.84. The Hall–Kier alpha value is -3.74. The molecule has 0 spiro atoms. The van der Waals surface area contributed by atoms with Gasteiger partial charge in [0, 0.05) is 24.9 Å². The van der Waals surface area contributed by atoms with E-state index < -0.39 is 0 Å². The summed E-state index contributed by atoms with van der Waals surface area (Å²) < 4.78 is 16.0. The number of allylic oxidation sites excluding steroid dienone is 1. The van der Waals surface area contributed by atoms with E-state index in [-0.39, 0.29) is 17.5 Å². The molecule has 2 aromatic carbocycles. The second-order valence-electron chi connectivity index (χ2n) is 7.17. The average molecular weight is 422 g/mol. The number of hydrogen-bond acceptors (Lipinski definition) is 6. The van der Waals surface area contributed by atoms with Crippen molar-refractivity contribution in [2.75, 3.05) is 26.5 Å². The van der Waals surface area contributed by atoms with Crippen LogP contribution >= 0.6 is 0 Å². The summed E-state index contributed by atoms with van der Waals surface area (Å²) in [5.74, 6) is 1.06. The Morgan fingerprint density at radius 3 is 2.48 bits per heavy atom. The molecule has 0 aliphatic heterocycles. The van der Waals surface area contributed by atoms with Crippen LogP contribution in [0.3, 0.4) is 0 Å². The molecule has 3 aromatic rings. The highest BCUT2D eigenvalue weighted by Gasteiger charge is 2.15. The van der Waals surface area contributed by atoms with Gasteiger partial charge in [0.25, 0.3) is 0 Å². The number of benzene rings is 2. The Kier molecular flexibility index (Phi) is 6.65. The fourth-order valence-electron chi connectivity index (χ4n) is 3.32. The van der Waals surface area contributed by atoms with Gasteiger partial charge in [-0.3, -0.25) is 9.59 Å². The summed E-state index contributed by atoms with van der Waals surface area (Å²) in [7, 11) is 3.18. The SMILES string of the molecule is COc1ccc(CCNC(=O)/C=C(/C)c2ccc3oc(C(C)=O)c(N)c3c2)cc1OC. The minimum Gasteiger partial charge on any atom is -0.493 e. The van der Waals surface area contributed by atoms with Crippen LogP contribution in [0.4, 0.5) is 5.69 Å². The van der Waals surface area contributed by atoms with E-state index in [9.17, 15) is 9.59 Å². The van der Waals surface area contributed by atoms with Gasteiger partial charge in [0.2, 0.25) is 5.91 Å². The van der Waals surface area contributed by atoms with Crippen molar-refractivity contribution >= 4 is 33.9 Å². The molecule has 7 nitrogen and oxygen atoms in total. The molecule has 3 rings (SSSR count). The Morgan fingerprint density at radius 2 is 1.81 bits per heavy atom. The number of nitrogens with one attached hydrogen (secondary N) is 1. The number of fused-ring (bicyclic) bond motifs is 1. The van der Waals surface area contributed by atoms with Crippen LogP contribution in [0.5, 0.6) is 11.5 Å². The molecular weight excluding hydrogens is 396 g/mol. The number of anilines is 1. The predicted octanol–water partition coefficient (Wildman–Crippen LogP) is 4.00. The second kappa shape index (κ2) is 9.38. The summed E-state index contributed by atoms with van der Waals surface area (Å²) in [5, 5.41) is 3.55. The highest BCUT2D eigenvalue weighted by Crippen LogP contribution is 2.31. The number of amides is 1. The fraction of sp³-hybridized carbons (Fsp3) is 0.250. The lowest BCUT2D eigenvalue weighted by Crippen LogP contribution is -2.23. The number of carbonyl (C=O) groups excluding carboxylic acids is 2. The quantitative estimate of drug-likeness (QED) is 0.420. The first kappa shape index (κ1) is 22.0. The lowest BCUT2D eigenvalue weighted by atomic mass is 10.0. The van der Waals surface area contributed by atoms with Crippen molar-refractivity contribution in [2.45, 2.75) is 20.3 Å². The third kappa shape index (κ3) is 4.88. The van der Waals surface area contributed by atoms with E-state index in [1.165, 1.54) is 13.0 Å². The number of hydrogen-bond donors (Lipinski definition) is 2. The summed E-state index contributed by atoms with van der Waals surface area (Å²) in [5.41, 5.74) is 9.52. The number of ether oxygens (including phenoxy) is 2. The number of methoxy groups -OCH3 is 2. The topological polar surface area (TPSA) is 104 Å². The van der Waals surface area contributed by atoms with Crippen LogP contribution in [0, 0.1) is 0 Å². The van der Waals surface area contributed by atoms with Gasteiger partial charge in [-0.2, -0.15) is 0 Å². The lowest BCUT2D eigenvalue weighted by Gasteiger charge is -2.10. The third-order valence-corrected chi connectivity index (χ3v) is 5.01. The van der Waals surface area contributed by atoms with Crippen molar-refractivity contribution in [1.82, 2.24) is 5.32 Å². The molecule has 1 heterocycles. The van der Waals surface area contributed by atoms with Gasteiger partial charge in [0.15, 0.2) is 23.0 Å². The maximum absolute atomic E-state index is 12.3.